The van der Waals surface area contributed by atoms with Gasteiger partial charge < -0.3 is 14.5 Å². The number of rotatable bonds is 8. The molecule has 3 aromatic carbocycles. The lowest BCUT2D eigenvalue weighted by molar-refractivity contribution is 0.0964. The number of halogens is 4. The molecule has 1 aliphatic heterocycles. The second kappa shape index (κ2) is 11.7. The van der Waals surface area contributed by atoms with Crippen LogP contribution in [0.25, 0.3) is 33.4 Å². The van der Waals surface area contributed by atoms with Gasteiger partial charge in [-0.15, -0.1) is 0 Å². The number of amides is 1. The van der Waals surface area contributed by atoms with E-state index < -0.39 is 52.2 Å². The van der Waals surface area contributed by atoms with Crippen LogP contribution in [0.1, 0.15) is 28.4 Å². The molecule has 2 aliphatic rings. The van der Waals surface area contributed by atoms with Crippen molar-refractivity contribution in [3.8, 4) is 22.5 Å². The number of ether oxygens (including phenoxy) is 1. The first-order valence-electron chi connectivity index (χ1n) is 14.5. The van der Waals surface area contributed by atoms with Crippen molar-refractivity contribution in [3.05, 3.63) is 101 Å². The van der Waals surface area contributed by atoms with Gasteiger partial charge in [-0.2, -0.15) is 0 Å². The number of aliphatic imine (C=N–C) groups is 1. The maximum Gasteiger partial charge on any atom is 0.257 e. The Balaban J connectivity index is 1.62. The second-order valence-corrected chi connectivity index (χ2v) is 13.4. The minimum Gasteiger partial charge on any atom is -0.467 e. The summed E-state index contributed by atoms with van der Waals surface area (Å²) in [4.78, 5) is 17.8. The van der Waals surface area contributed by atoms with E-state index in [0.29, 0.717) is 26.6 Å². The molecule has 6 rings (SSSR count). The fourth-order valence-corrected chi connectivity index (χ4v) is 6.71. The fraction of sp³-hybridized carbons (Fsp3) is 0.235. The molecule has 1 aromatic heterocycles. The van der Waals surface area contributed by atoms with E-state index in [1.165, 1.54) is 49.5 Å². The van der Waals surface area contributed by atoms with E-state index >= 15 is 0 Å². The largest absolute Gasteiger partial charge is 0.467 e. The molecule has 1 N–H and O–H groups in total. The third kappa shape index (κ3) is 5.79. The van der Waals surface area contributed by atoms with Gasteiger partial charge in [0.1, 0.15) is 23.0 Å². The van der Waals surface area contributed by atoms with Crippen molar-refractivity contribution in [2.75, 3.05) is 24.2 Å². The van der Waals surface area contributed by atoms with Crippen molar-refractivity contribution < 1.29 is 39.9 Å². The standard InChI is InChI=1S/C34H29F4N3O5S/c1-18-12-20(14-21(13-18)33-40-34(2)27(36)6-5-7-28(34)46-33)23-15-24-26(16-25(23)41(17-29(37)38)47(4,43)44)45-31(30(24)32(42)39-3)19-8-10-22(35)11-9-19/h5-16,28-29H,17H2,1-4H3,(H,39,42). The third-order valence-electron chi connectivity index (χ3n) is 8.11. The monoisotopic (exact) mass is 667 g/mol. The lowest BCUT2D eigenvalue weighted by atomic mass is 9.90. The fourth-order valence-electron chi connectivity index (χ4n) is 5.82. The van der Waals surface area contributed by atoms with E-state index in [4.69, 9.17) is 9.15 Å². The van der Waals surface area contributed by atoms with Crippen LogP contribution in [0.4, 0.5) is 23.2 Å². The molecule has 2 heterocycles. The number of carbonyl (C=O) groups excluding carboxylic acids is 1. The number of allylic oxidation sites excluding steroid dienone is 2. The van der Waals surface area contributed by atoms with Crippen LogP contribution in [0.5, 0.6) is 0 Å². The molecule has 4 aromatic rings. The number of benzene rings is 3. The first-order valence-corrected chi connectivity index (χ1v) is 16.3. The molecule has 2 atom stereocenters. The first-order chi connectivity index (χ1) is 22.2. The average molecular weight is 668 g/mol. The molecule has 0 bridgehead atoms. The highest BCUT2D eigenvalue weighted by Crippen LogP contribution is 2.43. The van der Waals surface area contributed by atoms with Gasteiger partial charge in [-0.25, -0.2) is 31.0 Å². The minimum atomic E-state index is -4.27. The molecule has 0 spiro atoms. The molecule has 1 amide bonds. The van der Waals surface area contributed by atoms with Crippen molar-refractivity contribution in [2.45, 2.75) is 31.9 Å². The van der Waals surface area contributed by atoms with Crippen LogP contribution in [0, 0.1) is 12.7 Å². The highest BCUT2D eigenvalue weighted by molar-refractivity contribution is 7.92. The van der Waals surface area contributed by atoms with Gasteiger partial charge in [-0.3, -0.25) is 9.10 Å². The highest BCUT2D eigenvalue weighted by Gasteiger charge is 2.46. The molecular weight excluding hydrogens is 638 g/mol. The molecule has 47 heavy (non-hydrogen) atoms. The van der Waals surface area contributed by atoms with Gasteiger partial charge in [0.2, 0.25) is 15.9 Å². The molecule has 0 radical (unpaired) electrons. The summed E-state index contributed by atoms with van der Waals surface area (Å²) >= 11 is 0. The van der Waals surface area contributed by atoms with E-state index in [9.17, 15) is 30.8 Å². The van der Waals surface area contributed by atoms with E-state index in [-0.39, 0.29) is 39.4 Å². The zero-order valence-electron chi connectivity index (χ0n) is 25.6. The Hall–Kier alpha value is -4.91. The van der Waals surface area contributed by atoms with Gasteiger partial charge in [-0.1, -0.05) is 12.1 Å². The Morgan fingerprint density at radius 2 is 1.77 bits per heavy atom. The smallest absolute Gasteiger partial charge is 0.257 e. The van der Waals surface area contributed by atoms with Crippen LogP contribution >= 0.6 is 0 Å². The Bertz CT molecular complexity index is 2120. The quantitative estimate of drug-likeness (QED) is 0.206. The molecule has 8 nitrogen and oxygen atoms in total. The topological polar surface area (TPSA) is 101 Å². The van der Waals surface area contributed by atoms with Crippen molar-refractivity contribution >= 4 is 38.5 Å². The van der Waals surface area contributed by atoms with E-state index in [1.54, 1.807) is 44.2 Å². The van der Waals surface area contributed by atoms with Crippen LogP contribution < -0.4 is 9.62 Å². The van der Waals surface area contributed by atoms with Gasteiger partial charge >= 0.3 is 0 Å². The maximum absolute atomic E-state index is 14.9. The number of nitrogens with zero attached hydrogens (tertiary/aromatic N) is 2. The molecule has 0 fully saturated rings. The SMILES string of the molecule is CNC(=O)c1c(-c2ccc(F)cc2)oc2cc(N(CC(F)F)S(C)(=O)=O)c(-c3cc(C)cc(C4=NC5(C)C(F)=CC=CC5O4)c3)cc12. The normalized spacial score (nSPS) is 19.0. The molecule has 13 heteroatoms. The predicted octanol–water partition coefficient (Wildman–Crippen LogP) is 6.93. The number of sulfonamides is 1. The first kappa shape index (κ1) is 32.0. The van der Waals surface area contributed by atoms with Crippen molar-refractivity contribution in [2.24, 2.45) is 4.99 Å². The van der Waals surface area contributed by atoms with Crippen LogP contribution in [-0.2, 0) is 14.8 Å². The molecule has 1 aliphatic carbocycles. The number of furan rings is 1. The summed E-state index contributed by atoms with van der Waals surface area (Å²) in [7, 11) is -2.86. The summed E-state index contributed by atoms with van der Waals surface area (Å²) in [6.07, 6.45) is 1.63. The molecule has 2 unspecified atom stereocenters. The number of fused-ring (bicyclic) bond motifs is 2. The summed E-state index contributed by atoms with van der Waals surface area (Å²) in [5, 5.41) is 2.81. The number of carbonyl (C=O) groups is 1. The van der Waals surface area contributed by atoms with Gasteiger partial charge in [0.25, 0.3) is 12.3 Å². The molecule has 0 saturated heterocycles. The van der Waals surface area contributed by atoms with E-state index in [0.717, 1.165) is 6.26 Å². The number of anilines is 1. The number of hydrogen-bond acceptors (Lipinski definition) is 6. The molecule has 0 saturated carbocycles. The summed E-state index contributed by atoms with van der Waals surface area (Å²) < 4.78 is 95.1. The van der Waals surface area contributed by atoms with Crippen molar-refractivity contribution in [3.63, 3.8) is 0 Å². The summed E-state index contributed by atoms with van der Waals surface area (Å²) in [5.74, 6) is -1.33. The number of nitrogens with one attached hydrogen (secondary N) is 1. The van der Waals surface area contributed by atoms with E-state index in [1.807, 2.05) is 0 Å². The zero-order valence-corrected chi connectivity index (χ0v) is 26.5. The van der Waals surface area contributed by atoms with E-state index in [2.05, 4.69) is 10.3 Å². The highest BCUT2D eigenvalue weighted by atomic mass is 32.2. The summed E-state index contributed by atoms with van der Waals surface area (Å²) in [6, 6.07) is 13.1. The summed E-state index contributed by atoms with van der Waals surface area (Å²) in [5.41, 5.74) is 0.723. The van der Waals surface area contributed by atoms with Crippen LogP contribution in [0.2, 0.25) is 0 Å². The van der Waals surface area contributed by atoms with Gasteiger partial charge in [0.15, 0.2) is 11.6 Å². The third-order valence-corrected chi connectivity index (χ3v) is 9.26. The Kier molecular flexibility index (Phi) is 7.99. The number of alkyl halides is 2. The van der Waals surface area contributed by atoms with Crippen LogP contribution in [0.3, 0.4) is 0 Å². The lowest BCUT2D eigenvalue weighted by Gasteiger charge is -2.25. The minimum absolute atomic E-state index is 0.0343. The Morgan fingerprint density at radius 3 is 2.40 bits per heavy atom. The second-order valence-electron chi connectivity index (χ2n) is 11.5. The summed E-state index contributed by atoms with van der Waals surface area (Å²) in [6.45, 7) is 2.22. The van der Waals surface area contributed by atoms with Crippen LogP contribution in [0.15, 0.2) is 88.1 Å². The Morgan fingerprint density at radius 1 is 1.06 bits per heavy atom. The van der Waals surface area contributed by atoms with Crippen molar-refractivity contribution in [1.82, 2.24) is 5.32 Å². The van der Waals surface area contributed by atoms with Crippen molar-refractivity contribution in [1.29, 1.82) is 0 Å². The predicted molar refractivity (Wildman–Crippen MR) is 172 cm³/mol. The lowest BCUT2D eigenvalue weighted by Crippen LogP contribution is -2.35. The number of aryl methyl sites for hydroxylation is 1. The zero-order chi connectivity index (χ0) is 33.8. The number of hydrogen-bond donors (Lipinski definition) is 1. The molecule has 244 valence electrons. The average Bonchev–Trinajstić information content (AvgIpc) is 3.57. The van der Waals surface area contributed by atoms with Gasteiger partial charge in [0.05, 0.1) is 24.1 Å². The van der Waals surface area contributed by atoms with Gasteiger partial charge in [0, 0.05) is 35.2 Å². The van der Waals surface area contributed by atoms with Crippen LogP contribution in [-0.4, -0.2) is 58.1 Å². The Labute approximate surface area is 268 Å². The van der Waals surface area contributed by atoms with Gasteiger partial charge in [-0.05, 0) is 79.6 Å². The maximum atomic E-state index is 14.9. The molecular formula is C34H29F4N3O5S.